The van der Waals surface area contributed by atoms with Crippen molar-refractivity contribution in [2.75, 3.05) is 26.2 Å². The van der Waals surface area contributed by atoms with Gasteiger partial charge >= 0.3 is 6.36 Å². The number of piperazine rings is 1. The molecule has 0 radical (unpaired) electrons. The summed E-state index contributed by atoms with van der Waals surface area (Å²) in [4.78, 5) is 2.30. The van der Waals surface area contributed by atoms with Crippen LogP contribution in [0.2, 0.25) is 5.02 Å². The zero-order valence-electron chi connectivity index (χ0n) is 14.5. The molecule has 3 rings (SSSR count). The molecule has 0 aromatic heterocycles. The number of benzene rings is 2. The predicted molar refractivity (Wildman–Crippen MR) is 113 cm³/mol. The van der Waals surface area contributed by atoms with Gasteiger partial charge in [-0.25, -0.2) is 0 Å². The molecule has 0 saturated carbocycles. The monoisotopic (exact) mass is 520 g/mol. The molecular formula is C18H19BrCl3F3N2O. The third-order valence-electron chi connectivity index (χ3n) is 4.21. The van der Waals surface area contributed by atoms with Gasteiger partial charge in [0, 0.05) is 30.7 Å². The first-order valence-electron chi connectivity index (χ1n) is 8.09. The van der Waals surface area contributed by atoms with Crippen LogP contribution in [0.1, 0.15) is 17.2 Å². The highest BCUT2D eigenvalue weighted by atomic mass is 79.9. The summed E-state index contributed by atoms with van der Waals surface area (Å²) < 4.78 is 41.9. The van der Waals surface area contributed by atoms with Crippen molar-refractivity contribution in [1.82, 2.24) is 10.2 Å². The van der Waals surface area contributed by atoms with Crippen LogP contribution in [-0.4, -0.2) is 37.4 Å². The van der Waals surface area contributed by atoms with Gasteiger partial charge in [-0.2, -0.15) is 0 Å². The number of nitrogens with zero attached hydrogens (tertiary/aromatic N) is 1. The van der Waals surface area contributed by atoms with E-state index in [0.29, 0.717) is 5.02 Å². The molecule has 3 nitrogen and oxygen atoms in total. The maximum Gasteiger partial charge on any atom is 0.573 e. The number of alkyl halides is 3. The molecule has 1 fully saturated rings. The summed E-state index contributed by atoms with van der Waals surface area (Å²) >= 11 is 9.55. The smallest absolute Gasteiger partial charge is 0.406 e. The van der Waals surface area contributed by atoms with Gasteiger partial charge < -0.3 is 10.1 Å². The van der Waals surface area contributed by atoms with Crippen LogP contribution in [0.5, 0.6) is 5.75 Å². The molecule has 156 valence electrons. The molecule has 2 aromatic rings. The average Bonchev–Trinajstić information content (AvgIpc) is 2.59. The first-order chi connectivity index (χ1) is 12.3. The highest BCUT2D eigenvalue weighted by Gasteiger charge is 2.31. The number of hydrogen-bond acceptors (Lipinski definition) is 3. The molecule has 0 amide bonds. The Kier molecular flexibility index (Phi) is 9.86. The molecule has 1 heterocycles. The maximum absolute atomic E-state index is 12.4. The van der Waals surface area contributed by atoms with Gasteiger partial charge in [-0.1, -0.05) is 29.8 Å². The van der Waals surface area contributed by atoms with E-state index in [0.717, 1.165) is 41.8 Å². The van der Waals surface area contributed by atoms with Gasteiger partial charge in [-0.15, -0.1) is 38.0 Å². The minimum absolute atomic E-state index is 0. The lowest BCUT2D eigenvalue weighted by molar-refractivity contribution is -0.274. The Bertz CT molecular complexity index is 757. The van der Waals surface area contributed by atoms with Crippen LogP contribution in [0.15, 0.2) is 46.9 Å². The van der Waals surface area contributed by atoms with Crippen LogP contribution in [0.4, 0.5) is 13.2 Å². The van der Waals surface area contributed by atoms with Crippen molar-refractivity contribution < 1.29 is 17.9 Å². The molecule has 2 aromatic carbocycles. The lowest BCUT2D eigenvalue weighted by Crippen LogP contribution is -2.45. The van der Waals surface area contributed by atoms with Gasteiger partial charge in [0.05, 0.1) is 11.1 Å². The molecule has 0 aliphatic carbocycles. The Hall–Kier alpha value is -0.700. The predicted octanol–water partition coefficient (Wildman–Crippen LogP) is 5.84. The summed E-state index contributed by atoms with van der Waals surface area (Å²) in [6, 6.07) is 11.7. The van der Waals surface area contributed by atoms with Crippen LogP contribution in [0.3, 0.4) is 0 Å². The van der Waals surface area contributed by atoms with Gasteiger partial charge in [0.15, 0.2) is 0 Å². The maximum atomic E-state index is 12.4. The van der Waals surface area contributed by atoms with Crippen LogP contribution < -0.4 is 10.1 Å². The second-order valence-electron chi connectivity index (χ2n) is 5.98. The summed E-state index contributed by atoms with van der Waals surface area (Å²) in [5, 5.41) is 3.92. The standard InChI is InChI=1S/C18H17BrClF3N2O.2ClH/c19-15-11-13(3-6-16(15)20)17(25-9-7-24-8-10-25)12-1-4-14(5-2-12)26-18(21,22)23;;/h1-6,11,17,24H,7-10H2;2*1H/t17-;;/m0../s1. The zero-order valence-corrected chi connectivity index (χ0v) is 18.5. The van der Waals surface area contributed by atoms with Crippen molar-refractivity contribution in [3.05, 3.63) is 63.1 Å². The van der Waals surface area contributed by atoms with E-state index >= 15 is 0 Å². The summed E-state index contributed by atoms with van der Waals surface area (Å²) in [6.45, 7) is 3.40. The fraction of sp³-hybridized carbons (Fsp3) is 0.333. The van der Waals surface area contributed by atoms with Crippen LogP contribution in [0.25, 0.3) is 0 Å². The number of rotatable bonds is 4. The Labute approximate surface area is 187 Å². The fourth-order valence-corrected chi connectivity index (χ4v) is 3.60. The molecule has 28 heavy (non-hydrogen) atoms. The molecule has 0 bridgehead atoms. The molecule has 1 aliphatic rings. The van der Waals surface area contributed by atoms with E-state index in [1.54, 1.807) is 12.1 Å². The summed E-state index contributed by atoms with van der Waals surface area (Å²) in [5.41, 5.74) is 1.92. The van der Waals surface area contributed by atoms with E-state index in [-0.39, 0.29) is 36.6 Å². The Morgan fingerprint density at radius 2 is 1.57 bits per heavy atom. The van der Waals surface area contributed by atoms with E-state index in [2.05, 4.69) is 30.9 Å². The van der Waals surface area contributed by atoms with Gasteiger partial charge in [0.2, 0.25) is 0 Å². The highest BCUT2D eigenvalue weighted by molar-refractivity contribution is 9.10. The van der Waals surface area contributed by atoms with Crippen LogP contribution in [-0.2, 0) is 0 Å². The molecule has 1 saturated heterocycles. The topological polar surface area (TPSA) is 24.5 Å². The normalized spacial score (nSPS) is 15.9. The van der Waals surface area contributed by atoms with Crippen molar-refractivity contribution in [3.63, 3.8) is 0 Å². The molecule has 1 atom stereocenters. The lowest BCUT2D eigenvalue weighted by atomic mass is 9.96. The Balaban J connectivity index is 0.00000196. The molecule has 1 N–H and O–H groups in total. The SMILES string of the molecule is Cl.Cl.FC(F)(F)Oc1ccc([C@@H](c2ccc(Cl)c(Br)c2)N2CCNCC2)cc1. The van der Waals surface area contributed by atoms with Gasteiger partial charge in [0.1, 0.15) is 5.75 Å². The third kappa shape index (κ3) is 6.68. The third-order valence-corrected chi connectivity index (χ3v) is 5.42. The lowest BCUT2D eigenvalue weighted by Gasteiger charge is -2.35. The molecule has 1 aliphatic heterocycles. The second-order valence-corrected chi connectivity index (χ2v) is 7.24. The summed E-state index contributed by atoms with van der Waals surface area (Å²) in [6.07, 6.45) is -4.69. The fourth-order valence-electron chi connectivity index (χ4n) is 3.09. The van der Waals surface area contributed by atoms with Gasteiger partial charge in [-0.05, 0) is 51.3 Å². The van der Waals surface area contributed by atoms with Crippen molar-refractivity contribution >= 4 is 52.3 Å². The van der Waals surface area contributed by atoms with E-state index in [4.69, 9.17) is 11.6 Å². The summed E-state index contributed by atoms with van der Waals surface area (Å²) in [7, 11) is 0. The van der Waals surface area contributed by atoms with E-state index in [1.807, 2.05) is 18.2 Å². The quantitative estimate of drug-likeness (QED) is 0.546. The molecular weight excluding hydrogens is 503 g/mol. The number of hydrogen-bond donors (Lipinski definition) is 1. The first kappa shape index (κ1) is 25.3. The van der Waals surface area contributed by atoms with Crippen molar-refractivity contribution in [2.45, 2.75) is 12.4 Å². The molecule has 0 unspecified atom stereocenters. The van der Waals surface area contributed by atoms with E-state index in [1.165, 1.54) is 12.1 Å². The number of nitrogens with one attached hydrogen (secondary N) is 1. The second kappa shape index (κ2) is 10.9. The Morgan fingerprint density at radius 3 is 2.11 bits per heavy atom. The van der Waals surface area contributed by atoms with Gasteiger partial charge in [-0.3, -0.25) is 4.90 Å². The first-order valence-corrected chi connectivity index (χ1v) is 9.26. The minimum Gasteiger partial charge on any atom is -0.406 e. The van der Waals surface area contributed by atoms with E-state index < -0.39 is 6.36 Å². The molecule has 10 heteroatoms. The highest BCUT2D eigenvalue weighted by Crippen LogP contribution is 2.34. The Morgan fingerprint density at radius 1 is 1.00 bits per heavy atom. The number of halogens is 7. The van der Waals surface area contributed by atoms with Crippen molar-refractivity contribution in [2.24, 2.45) is 0 Å². The zero-order chi connectivity index (χ0) is 18.7. The van der Waals surface area contributed by atoms with E-state index in [9.17, 15) is 13.2 Å². The number of ether oxygens (including phenoxy) is 1. The van der Waals surface area contributed by atoms with Crippen molar-refractivity contribution in [3.8, 4) is 5.75 Å². The largest absolute Gasteiger partial charge is 0.573 e. The van der Waals surface area contributed by atoms with Crippen LogP contribution in [0, 0.1) is 0 Å². The average molecular weight is 523 g/mol. The van der Waals surface area contributed by atoms with Crippen molar-refractivity contribution in [1.29, 1.82) is 0 Å². The van der Waals surface area contributed by atoms with Gasteiger partial charge in [0.25, 0.3) is 0 Å². The van der Waals surface area contributed by atoms with Crippen LogP contribution >= 0.6 is 52.3 Å². The minimum atomic E-state index is -4.69. The summed E-state index contributed by atoms with van der Waals surface area (Å²) in [5.74, 6) is -0.224. The molecule has 0 spiro atoms.